The van der Waals surface area contributed by atoms with E-state index in [1.807, 2.05) is 0 Å². The minimum absolute atomic E-state index is 0.196. The van der Waals surface area contributed by atoms with Crippen LogP contribution in [-0.2, 0) is 4.74 Å². The zero-order chi connectivity index (χ0) is 9.19. The van der Waals surface area contributed by atoms with Crippen molar-refractivity contribution in [2.24, 2.45) is 11.7 Å². The van der Waals surface area contributed by atoms with Gasteiger partial charge in [0.1, 0.15) is 0 Å². The Hall–Kier alpha value is -0.290. The van der Waals surface area contributed by atoms with Crippen LogP contribution < -0.4 is 5.73 Å². The van der Waals surface area contributed by atoms with E-state index >= 15 is 0 Å². The Morgan fingerprint density at radius 1 is 1.42 bits per heavy atom. The van der Waals surface area contributed by atoms with Gasteiger partial charge in [-0.05, 0) is 18.8 Å². The van der Waals surface area contributed by atoms with Crippen molar-refractivity contribution < 1.29 is 17.9 Å². The average Bonchev–Trinajstić information content (AvgIpc) is 2.69. The van der Waals surface area contributed by atoms with E-state index < -0.39 is 18.8 Å². The van der Waals surface area contributed by atoms with Crippen molar-refractivity contribution in [1.82, 2.24) is 0 Å². The molecule has 1 rings (SSSR count). The van der Waals surface area contributed by atoms with Crippen LogP contribution >= 0.6 is 0 Å². The van der Waals surface area contributed by atoms with Crippen molar-refractivity contribution in [2.45, 2.75) is 25.1 Å². The van der Waals surface area contributed by atoms with Crippen molar-refractivity contribution in [3.8, 4) is 0 Å². The summed E-state index contributed by atoms with van der Waals surface area (Å²) in [4.78, 5) is 0. The van der Waals surface area contributed by atoms with Crippen molar-refractivity contribution in [2.75, 3.05) is 13.2 Å². The first-order valence-electron chi connectivity index (χ1n) is 3.92. The third kappa shape index (κ3) is 2.98. The summed E-state index contributed by atoms with van der Waals surface area (Å²) in [6, 6.07) is 0. The molecule has 0 amide bonds. The van der Waals surface area contributed by atoms with Gasteiger partial charge in [-0.15, -0.1) is 0 Å². The van der Waals surface area contributed by atoms with Crippen LogP contribution in [0.5, 0.6) is 0 Å². The minimum Gasteiger partial charge on any atom is -0.367 e. The molecule has 12 heavy (non-hydrogen) atoms. The highest BCUT2D eigenvalue weighted by Crippen LogP contribution is 2.31. The molecule has 1 saturated carbocycles. The standard InChI is InChI=1S/C7H12F3NO/c8-7(9,10)6(3-11)12-4-5-1-2-5/h5-6H,1-4,11H2/t6-/m0/s1. The van der Waals surface area contributed by atoms with Crippen molar-refractivity contribution >= 4 is 0 Å². The molecule has 1 atom stereocenters. The third-order valence-electron chi connectivity index (χ3n) is 1.81. The molecule has 0 heterocycles. The lowest BCUT2D eigenvalue weighted by Crippen LogP contribution is -2.38. The monoisotopic (exact) mass is 183 g/mol. The van der Waals surface area contributed by atoms with Crippen molar-refractivity contribution in [3.05, 3.63) is 0 Å². The highest BCUT2D eigenvalue weighted by atomic mass is 19.4. The number of ether oxygens (including phenoxy) is 1. The first-order valence-corrected chi connectivity index (χ1v) is 3.92. The SMILES string of the molecule is NC[C@H](OCC1CC1)C(F)(F)F. The van der Waals surface area contributed by atoms with Gasteiger partial charge < -0.3 is 10.5 Å². The maximum Gasteiger partial charge on any atom is 0.415 e. The van der Waals surface area contributed by atoms with E-state index in [-0.39, 0.29) is 6.61 Å². The molecular weight excluding hydrogens is 171 g/mol. The van der Waals surface area contributed by atoms with Crippen molar-refractivity contribution in [1.29, 1.82) is 0 Å². The fraction of sp³-hybridized carbons (Fsp3) is 1.00. The molecule has 2 N–H and O–H groups in total. The summed E-state index contributed by atoms with van der Waals surface area (Å²) < 4.78 is 40.6. The number of hydrogen-bond donors (Lipinski definition) is 1. The second-order valence-electron chi connectivity index (χ2n) is 3.04. The minimum atomic E-state index is -4.32. The summed E-state index contributed by atoms with van der Waals surface area (Å²) >= 11 is 0. The van der Waals surface area contributed by atoms with Gasteiger partial charge in [0, 0.05) is 6.54 Å². The molecule has 1 aliphatic rings. The highest BCUT2D eigenvalue weighted by Gasteiger charge is 2.40. The van der Waals surface area contributed by atoms with Crippen molar-refractivity contribution in [3.63, 3.8) is 0 Å². The van der Waals surface area contributed by atoms with E-state index in [1.54, 1.807) is 0 Å². The van der Waals surface area contributed by atoms with Gasteiger partial charge in [-0.1, -0.05) is 0 Å². The molecule has 0 aromatic heterocycles. The lowest BCUT2D eigenvalue weighted by molar-refractivity contribution is -0.217. The maximum atomic E-state index is 12.0. The van der Waals surface area contributed by atoms with E-state index in [0.29, 0.717) is 5.92 Å². The molecule has 0 aliphatic heterocycles. The summed E-state index contributed by atoms with van der Waals surface area (Å²) in [6.45, 7) is -0.294. The van der Waals surface area contributed by atoms with Gasteiger partial charge in [0.25, 0.3) is 0 Å². The molecule has 0 bridgehead atoms. The van der Waals surface area contributed by atoms with Gasteiger partial charge in [0.15, 0.2) is 6.10 Å². The van der Waals surface area contributed by atoms with Crippen LogP contribution in [0.15, 0.2) is 0 Å². The van der Waals surface area contributed by atoms with Crippen LogP contribution in [0.2, 0.25) is 0 Å². The van der Waals surface area contributed by atoms with Crippen LogP contribution in [0.3, 0.4) is 0 Å². The van der Waals surface area contributed by atoms with E-state index in [1.165, 1.54) is 0 Å². The van der Waals surface area contributed by atoms with E-state index in [0.717, 1.165) is 12.8 Å². The fourth-order valence-electron chi connectivity index (χ4n) is 0.833. The first-order chi connectivity index (χ1) is 5.54. The van der Waals surface area contributed by atoms with Crippen LogP contribution in [0.1, 0.15) is 12.8 Å². The summed E-state index contributed by atoms with van der Waals surface area (Å²) in [5.41, 5.74) is 4.92. The van der Waals surface area contributed by atoms with Crippen LogP contribution in [0.25, 0.3) is 0 Å². The summed E-state index contributed by atoms with van der Waals surface area (Å²) in [6.07, 6.45) is -4.13. The Morgan fingerprint density at radius 3 is 2.33 bits per heavy atom. The van der Waals surface area contributed by atoms with Gasteiger partial charge in [-0.25, -0.2) is 0 Å². The highest BCUT2D eigenvalue weighted by molar-refractivity contribution is 4.75. The molecule has 72 valence electrons. The number of halogens is 3. The Labute approximate surface area is 68.9 Å². The molecule has 0 saturated heterocycles. The molecule has 2 nitrogen and oxygen atoms in total. The predicted molar refractivity (Wildman–Crippen MR) is 37.6 cm³/mol. The summed E-state index contributed by atoms with van der Waals surface area (Å²) in [5.74, 6) is 0.335. The lowest BCUT2D eigenvalue weighted by atomic mass is 10.3. The zero-order valence-corrected chi connectivity index (χ0v) is 6.60. The smallest absolute Gasteiger partial charge is 0.367 e. The largest absolute Gasteiger partial charge is 0.415 e. The van der Waals surface area contributed by atoms with Gasteiger partial charge in [-0.2, -0.15) is 13.2 Å². The second-order valence-corrected chi connectivity index (χ2v) is 3.04. The normalized spacial score (nSPS) is 21.0. The van der Waals surface area contributed by atoms with Gasteiger partial charge in [-0.3, -0.25) is 0 Å². The molecule has 5 heteroatoms. The van der Waals surface area contributed by atoms with Crippen LogP contribution in [-0.4, -0.2) is 25.4 Å². The Balaban J connectivity index is 2.23. The second kappa shape index (κ2) is 3.62. The maximum absolute atomic E-state index is 12.0. The molecule has 0 radical (unpaired) electrons. The molecule has 1 fully saturated rings. The molecule has 1 aliphatic carbocycles. The lowest BCUT2D eigenvalue weighted by Gasteiger charge is -2.18. The van der Waals surface area contributed by atoms with Crippen LogP contribution in [0.4, 0.5) is 13.2 Å². The van der Waals surface area contributed by atoms with E-state index in [4.69, 9.17) is 5.73 Å². The van der Waals surface area contributed by atoms with E-state index in [9.17, 15) is 13.2 Å². The summed E-state index contributed by atoms with van der Waals surface area (Å²) in [7, 11) is 0. The van der Waals surface area contributed by atoms with Crippen LogP contribution in [0, 0.1) is 5.92 Å². The topological polar surface area (TPSA) is 35.2 Å². The Morgan fingerprint density at radius 2 is 2.00 bits per heavy atom. The predicted octanol–water partition coefficient (Wildman–Crippen LogP) is 1.30. The van der Waals surface area contributed by atoms with Gasteiger partial charge >= 0.3 is 6.18 Å². The average molecular weight is 183 g/mol. The number of hydrogen-bond acceptors (Lipinski definition) is 2. The molecule has 0 aromatic rings. The molecular formula is C7H12F3NO. The fourth-order valence-corrected chi connectivity index (χ4v) is 0.833. The first kappa shape index (κ1) is 9.80. The zero-order valence-electron chi connectivity index (χ0n) is 6.60. The Kier molecular flexibility index (Phi) is 2.95. The number of alkyl halides is 3. The summed E-state index contributed by atoms with van der Waals surface area (Å²) in [5, 5.41) is 0. The van der Waals surface area contributed by atoms with Gasteiger partial charge in [0.05, 0.1) is 6.61 Å². The molecule has 0 unspecified atom stereocenters. The van der Waals surface area contributed by atoms with Gasteiger partial charge in [0.2, 0.25) is 0 Å². The Bertz CT molecular complexity index is 144. The molecule has 0 spiro atoms. The number of nitrogens with two attached hydrogens (primary N) is 1. The molecule has 0 aromatic carbocycles. The third-order valence-corrected chi connectivity index (χ3v) is 1.81. The number of rotatable bonds is 4. The quantitative estimate of drug-likeness (QED) is 0.713. The van der Waals surface area contributed by atoms with E-state index in [2.05, 4.69) is 4.74 Å².